The number of rotatable bonds is 3. The van der Waals surface area contributed by atoms with E-state index in [2.05, 4.69) is 5.32 Å². The summed E-state index contributed by atoms with van der Waals surface area (Å²) in [6.07, 6.45) is 0.868. The lowest BCUT2D eigenvalue weighted by Crippen LogP contribution is -2.51. The van der Waals surface area contributed by atoms with Crippen LogP contribution >= 0.6 is 0 Å². The third-order valence-electron chi connectivity index (χ3n) is 2.68. The van der Waals surface area contributed by atoms with Gasteiger partial charge in [0, 0.05) is 12.6 Å². The molecule has 0 saturated heterocycles. The van der Waals surface area contributed by atoms with Gasteiger partial charge in [0.05, 0.1) is 6.10 Å². The highest BCUT2D eigenvalue weighted by Crippen LogP contribution is 2.32. The largest absolute Gasteiger partial charge is 0.383 e. The predicted molar refractivity (Wildman–Crippen MR) is 57.4 cm³/mol. The van der Waals surface area contributed by atoms with Crippen LogP contribution in [0.5, 0.6) is 0 Å². The smallest absolute Gasteiger partial charge is 0.249 e. The van der Waals surface area contributed by atoms with E-state index < -0.39 is 6.10 Å². The Morgan fingerprint density at radius 1 is 1.47 bits per heavy atom. The molecule has 1 aliphatic carbocycles. The molecule has 1 unspecified atom stereocenters. The molecule has 1 atom stereocenters. The molecule has 15 heavy (non-hydrogen) atoms. The number of amides is 1. The molecule has 1 amide bonds. The molecule has 4 heteroatoms. The Morgan fingerprint density at radius 2 is 2.00 bits per heavy atom. The van der Waals surface area contributed by atoms with Gasteiger partial charge < -0.3 is 15.2 Å². The summed E-state index contributed by atoms with van der Waals surface area (Å²) in [5.74, 6) is -0.223. The predicted octanol–water partition coefficient (Wildman–Crippen LogP) is 0.687. The fourth-order valence-corrected chi connectivity index (χ4v) is 1.71. The van der Waals surface area contributed by atoms with Crippen molar-refractivity contribution in [3.05, 3.63) is 0 Å². The standard InChI is InChI=1S/C11H21NO3/c1-11(2,3)12-10(14)9(13)7-5-8(6-7)15-4/h7-9,13H,5-6H2,1-4H3,(H,12,14). The quantitative estimate of drug-likeness (QED) is 0.728. The van der Waals surface area contributed by atoms with Gasteiger partial charge in [-0.25, -0.2) is 0 Å². The SMILES string of the molecule is COC1CC(C(O)C(=O)NC(C)(C)C)C1. The average Bonchev–Trinajstić information content (AvgIpc) is 1.98. The summed E-state index contributed by atoms with van der Waals surface area (Å²) in [7, 11) is 1.66. The first-order valence-corrected chi connectivity index (χ1v) is 5.36. The van der Waals surface area contributed by atoms with Crippen molar-refractivity contribution < 1.29 is 14.6 Å². The molecule has 0 spiro atoms. The molecule has 88 valence electrons. The zero-order valence-electron chi connectivity index (χ0n) is 9.91. The highest BCUT2D eigenvalue weighted by Gasteiger charge is 2.38. The Balaban J connectivity index is 2.35. The van der Waals surface area contributed by atoms with Gasteiger partial charge in [-0.3, -0.25) is 4.79 Å². The number of hydrogen-bond donors (Lipinski definition) is 2. The molecule has 1 aliphatic rings. The monoisotopic (exact) mass is 215 g/mol. The number of nitrogens with one attached hydrogen (secondary N) is 1. The number of aliphatic hydroxyl groups is 1. The Labute approximate surface area is 91.0 Å². The van der Waals surface area contributed by atoms with Crippen LogP contribution in [0.2, 0.25) is 0 Å². The summed E-state index contributed by atoms with van der Waals surface area (Å²) in [6, 6.07) is 0. The normalized spacial score (nSPS) is 28.1. The van der Waals surface area contributed by atoms with E-state index in [1.165, 1.54) is 0 Å². The van der Waals surface area contributed by atoms with Crippen molar-refractivity contribution in [2.75, 3.05) is 7.11 Å². The Bertz CT molecular complexity index is 228. The molecule has 1 fully saturated rings. The fraction of sp³-hybridized carbons (Fsp3) is 0.909. The maximum atomic E-state index is 11.6. The van der Waals surface area contributed by atoms with Crippen LogP contribution in [0.15, 0.2) is 0 Å². The van der Waals surface area contributed by atoms with Crippen LogP contribution in [0, 0.1) is 5.92 Å². The Hall–Kier alpha value is -0.610. The second-order valence-corrected chi connectivity index (χ2v) is 5.27. The zero-order chi connectivity index (χ0) is 11.6. The summed E-state index contributed by atoms with van der Waals surface area (Å²) in [4.78, 5) is 11.6. The Morgan fingerprint density at radius 3 is 2.40 bits per heavy atom. The third kappa shape index (κ3) is 3.47. The molecular weight excluding hydrogens is 194 g/mol. The highest BCUT2D eigenvalue weighted by molar-refractivity contribution is 5.81. The summed E-state index contributed by atoms with van der Waals surface area (Å²) in [5.41, 5.74) is -0.289. The van der Waals surface area contributed by atoms with Gasteiger partial charge >= 0.3 is 0 Å². The number of aliphatic hydroxyl groups excluding tert-OH is 1. The number of methoxy groups -OCH3 is 1. The van der Waals surface area contributed by atoms with Crippen molar-refractivity contribution in [1.29, 1.82) is 0 Å². The van der Waals surface area contributed by atoms with E-state index in [-0.39, 0.29) is 23.5 Å². The van der Waals surface area contributed by atoms with Crippen molar-refractivity contribution in [3.63, 3.8) is 0 Å². The van der Waals surface area contributed by atoms with Crippen molar-refractivity contribution in [3.8, 4) is 0 Å². The van der Waals surface area contributed by atoms with Crippen LogP contribution in [-0.2, 0) is 9.53 Å². The van der Waals surface area contributed by atoms with Crippen LogP contribution in [0.25, 0.3) is 0 Å². The van der Waals surface area contributed by atoms with Gasteiger partial charge in [0.2, 0.25) is 5.91 Å². The number of carbonyl (C=O) groups is 1. The molecule has 0 aromatic rings. The molecule has 1 saturated carbocycles. The van der Waals surface area contributed by atoms with E-state index in [4.69, 9.17) is 4.74 Å². The molecule has 0 radical (unpaired) electrons. The molecule has 0 bridgehead atoms. The van der Waals surface area contributed by atoms with Gasteiger partial charge in [0.25, 0.3) is 0 Å². The van der Waals surface area contributed by atoms with Crippen molar-refractivity contribution in [1.82, 2.24) is 5.32 Å². The lowest BCUT2D eigenvalue weighted by molar-refractivity contribution is -0.139. The molecule has 4 nitrogen and oxygen atoms in total. The van der Waals surface area contributed by atoms with Gasteiger partial charge in [0.1, 0.15) is 6.10 Å². The zero-order valence-corrected chi connectivity index (χ0v) is 9.91. The first-order valence-electron chi connectivity index (χ1n) is 5.36. The lowest BCUT2D eigenvalue weighted by atomic mass is 9.78. The molecule has 2 N–H and O–H groups in total. The van der Waals surface area contributed by atoms with Gasteiger partial charge in [-0.1, -0.05) is 0 Å². The van der Waals surface area contributed by atoms with Crippen molar-refractivity contribution in [2.45, 2.75) is 51.4 Å². The molecule has 0 heterocycles. The minimum absolute atomic E-state index is 0.0531. The average molecular weight is 215 g/mol. The van der Waals surface area contributed by atoms with Crippen LogP contribution < -0.4 is 5.32 Å². The summed E-state index contributed by atoms with van der Waals surface area (Å²) in [6.45, 7) is 5.70. The minimum Gasteiger partial charge on any atom is -0.383 e. The van der Waals surface area contributed by atoms with Crippen LogP contribution in [-0.4, -0.2) is 35.9 Å². The first kappa shape index (κ1) is 12.5. The maximum Gasteiger partial charge on any atom is 0.249 e. The van der Waals surface area contributed by atoms with Crippen LogP contribution in [0.4, 0.5) is 0 Å². The van der Waals surface area contributed by atoms with Gasteiger partial charge in [-0.2, -0.15) is 0 Å². The number of carbonyl (C=O) groups excluding carboxylic acids is 1. The van der Waals surface area contributed by atoms with Crippen LogP contribution in [0.1, 0.15) is 33.6 Å². The molecule has 0 aliphatic heterocycles. The van der Waals surface area contributed by atoms with Gasteiger partial charge in [-0.05, 0) is 39.5 Å². The second-order valence-electron chi connectivity index (χ2n) is 5.27. The minimum atomic E-state index is -0.893. The van der Waals surface area contributed by atoms with Crippen molar-refractivity contribution in [2.24, 2.45) is 5.92 Å². The first-order chi connectivity index (χ1) is 6.83. The highest BCUT2D eigenvalue weighted by atomic mass is 16.5. The molecule has 0 aromatic carbocycles. The van der Waals surface area contributed by atoms with E-state index in [0.717, 1.165) is 12.8 Å². The third-order valence-corrected chi connectivity index (χ3v) is 2.68. The van der Waals surface area contributed by atoms with E-state index >= 15 is 0 Å². The van der Waals surface area contributed by atoms with Crippen LogP contribution in [0.3, 0.4) is 0 Å². The summed E-state index contributed by atoms with van der Waals surface area (Å²) >= 11 is 0. The number of hydrogen-bond acceptors (Lipinski definition) is 3. The summed E-state index contributed by atoms with van der Waals surface area (Å²) < 4.78 is 5.10. The topological polar surface area (TPSA) is 58.6 Å². The summed E-state index contributed by atoms with van der Waals surface area (Å²) in [5, 5.41) is 12.5. The molecule has 1 rings (SSSR count). The lowest BCUT2D eigenvalue weighted by Gasteiger charge is -2.37. The second kappa shape index (κ2) is 4.49. The maximum absolute atomic E-state index is 11.6. The van der Waals surface area contributed by atoms with Gasteiger partial charge in [-0.15, -0.1) is 0 Å². The molecular formula is C11H21NO3. The van der Waals surface area contributed by atoms with E-state index in [0.29, 0.717) is 0 Å². The van der Waals surface area contributed by atoms with E-state index in [1.807, 2.05) is 20.8 Å². The molecule has 0 aromatic heterocycles. The van der Waals surface area contributed by atoms with E-state index in [9.17, 15) is 9.90 Å². The van der Waals surface area contributed by atoms with Gasteiger partial charge in [0.15, 0.2) is 0 Å². The Kier molecular flexibility index (Phi) is 3.73. The number of ether oxygens (including phenoxy) is 1. The fourth-order valence-electron chi connectivity index (χ4n) is 1.71. The van der Waals surface area contributed by atoms with E-state index in [1.54, 1.807) is 7.11 Å². The van der Waals surface area contributed by atoms with Crippen molar-refractivity contribution >= 4 is 5.91 Å².